The zero-order valence-corrected chi connectivity index (χ0v) is 23.4. The van der Waals surface area contributed by atoms with Gasteiger partial charge in [-0.05, 0) is 79.2 Å². The lowest BCUT2D eigenvalue weighted by Crippen LogP contribution is -2.34. The summed E-state index contributed by atoms with van der Waals surface area (Å²) in [5.41, 5.74) is 6.16. The number of thiophene rings is 1. The van der Waals surface area contributed by atoms with Gasteiger partial charge in [0, 0.05) is 17.8 Å². The van der Waals surface area contributed by atoms with Gasteiger partial charge in [0.15, 0.2) is 5.78 Å². The maximum absolute atomic E-state index is 13.3. The maximum atomic E-state index is 13.3. The summed E-state index contributed by atoms with van der Waals surface area (Å²) in [5, 5.41) is 13.0. The highest BCUT2D eigenvalue weighted by molar-refractivity contribution is 7.14. The summed E-state index contributed by atoms with van der Waals surface area (Å²) >= 11 is 1.72. The number of fused-ring (bicyclic) bond motifs is 1. The normalized spacial score (nSPS) is 15.3. The molecule has 0 fully saturated rings. The minimum Gasteiger partial charge on any atom is -0.490 e. The van der Waals surface area contributed by atoms with Crippen molar-refractivity contribution < 1.29 is 24.2 Å². The number of ether oxygens (including phenoxy) is 2. The lowest BCUT2D eigenvalue weighted by atomic mass is 9.74. The molecular formula is C29H41NO5S. The smallest absolute Gasteiger partial charge is 0.319 e. The van der Waals surface area contributed by atoms with Gasteiger partial charge in [-0.15, -0.1) is 11.3 Å². The van der Waals surface area contributed by atoms with E-state index in [0.717, 1.165) is 53.0 Å². The number of hydrogen-bond acceptors (Lipinski definition) is 7. The summed E-state index contributed by atoms with van der Waals surface area (Å²) in [6.07, 6.45) is 4.66. The van der Waals surface area contributed by atoms with Crippen LogP contribution < -0.4 is 10.1 Å². The molecule has 2 N–H and O–H groups in total. The van der Waals surface area contributed by atoms with Crippen molar-refractivity contribution in [1.82, 2.24) is 5.32 Å². The first-order chi connectivity index (χ1) is 17.0. The van der Waals surface area contributed by atoms with Crippen molar-refractivity contribution in [3.05, 3.63) is 49.7 Å². The summed E-state index contributed by atoms with van der Waals surface area (Å²) in [5.74, 6) is 0.631. The third kappa shape index (κ3) is 7.17. The number of benzene rings is 1. The molecule has 1 atom stereocenters. The summed E-state index contributed by atoms with van der Waals surface area (Å²) in [7, 11) is 1.33. The molecule has 1 unspecified atom stereocenters. The molecule has 1 aromatic carbocycles. The van der Waals surface area contributed by atoms with Crippen molar-refractivity contribution in [3.63, 3.8) is 0 Å². The Morgan fingerprint density at radius 1 is 1.19 bits per heavy atom. The largest absolute Gasteiger partial charge is 0.490 e. The van der Waals surface area contributed by atoms with Gasteiger partial charge >= 0.3 is 5.97 Å². The predicted octanol–water partition coefficient (Wildman–Crippen LogP) is 4.76. The second-order valence-corrected chi connectivity index (χ2v) is 11.8. The Kier molecular flexibility index (Phi) is 9.72. The van der Waals surface area contributed by atoms with E-state index >= 15 is 0 Å². The molecule has 7 heteroatoms. The molecule has 1 aliphatic rings. The van der Waals surface area contributed by atoms with Crippen LogP contribution in [0.25, 0.3) is 0 Å². The highest BCUT2D eigenvalue weighted by atomic mass is 32.1. The number of nitrogens with one attached hydrogen (secondary N) is 1. The predicted molar refractivity (Wildman–Crippen MR) is 144 cm³/mol. The number of ketones is 1. The summed E-state index contributed by atoms with van der Waals surface area (Å²) < 4.78 is 10.5. The quantitative estimate of drug-likeness (QED) is 0.313. The number of aliphatic hydroxyl groups is 1. The van der Waals surface area contributed by atoms with Crippen LogP contribution in [-0.2, 0) is 35.2 Å². The van der Waals surface area contributed by atoms with Crippen LogP contribution in [0.2, 0.25) is 0 Å². The Bertz CT molecular complexity index is 1060. The second-order valence-electron chi connectivity index (χ2n) is 10.7. The minimum atomic E-state index is -0.749. The van der Waals surface area contributed by atoms with Crippen molar-refractivity contribution in [3.8, 4) is 5.75 Å². The van der Waals surface area contributed by atoms with Crippen LogP contribution in [0.15, 0.2) is 12.1 Å². The van der Waals surface area contributed by atoms with Crippen LogP contribution in [-0.4, -0.2) is 49.8 Å². The molecule has 3 rings (SSSR count). The van der Waals surface area contributed by atoms with E-state index in [9.17, 15) is 14.7 Å². The first-order valence-corrected chi connectivity index (χ1v) is 13.7. The van der Waals surface area contributed by atoms with Gasteiger partial charge in [0.2, 0.25) is 0 Å². The fourth-order valence-corrected chi connectivity index (χ4v) is 6.27. The average molecular weight is 516 g/mol. The lowest BCUT2D eigenvalue weighted by molar-refractivity contribution is -0.139. The molecule has 198 valence electrons. The molecule has 0 radical (unpaired) electrons. The summed E-state index contributed by atoms with van der Waals surface area (Å²) in [4.78, 5) is 26.8. The Labute approximate surface area is 219 Å². The van der Waals surface area contributed by atoms with Gasteiger partial charge in [-0.1, -0.05) is 32.9 Å². The Balaban J connectivity index is 1.59. The molecule has 0 bridgehead atoms. The second kappa shape index (κ2) is 12.3. The Morgan fingerprint density at radius 3 is 2.53 bits per heavy atom. The first-order valence-electron chi connectivity index (χ1n) is 12.9. The zero-order chi connectivity index (χ0) is 26.5. The van der Waals surface area contributed by atoms with Crippen molar-refractivity contribution >= 4 is 23.1 Å². The monoisotopic (exact) mass is 515 g/mol. The lowest BCUT2D eigenvalue weighted by Gasteiger charge is -2.30. The van der Waals surface area contributed by atoms with E-state index in [4.69, 9.17) is 4.74 Å². The van der Waals surface area contributed by atoms with Crippen molar-refractivity contribution in [2.45, 2.75) is 79.2 Å². The molecule has 2 aromatic rings. The number of hydrogen-bond donors (Lipinski definition) is 2. The van der Waals surface area contributed by atoms with Gasteiger partial charge in [-0.2, -0.15) is 0 Å². The van der Waals surface area contributed by atoms with Gasteiger partial charge in [-0.25, -0.2) is 0 Å². The minimum absolute atomic E-state index is 0.0467. The number of esters is 1. The van der Waals surface area contributed by atoms with Gasteiger partial charge in [0.05, 0.1) is 18.5 Å². The third-order valence-electron chi connectivity index (χ3n) is 6.94. The van der Waals surface area contributed by atoms with Crippen molar-refractivity contribution in [2.24, 2.45) is 5.41 Å². The first kappa shape index (κ1) is 28.4. The van der Waals surface area contributed by atoms with Crippen LogP contribution in [0.3, 0.4) is 0 Å². The Morgan fingerprint density at radius 2 is 1.89 bits per heavy atom. The maximum Gasteiger partial charge on any atom is 0.319 e. The van der Waals surface area contributed by atoms with E-state index in [1.807, 2.05) is 13.8 Å². The summed E-state index contributed by atoms with van der Waals surface area (Å²) in [6.45, 7) is 11.2. The molecular weight excluding hydrogens is 474 g/mol. The average Bonchev–Trinajstić information content (AvgIpc) is 3.18. The number of methoxy groups -OCH3 is 1. The van der Waals surface area contributed by atoms with E-state index in [2.05, 4.69) is 43.0 Å². The van der Waals surface area contributed by atoms with Crippen LogP contribution in [0.5, 0.6) is 5.75 Å². The van der Waals surface area contributed by atoms with Gasteiger partial charge in [0.1, 0.15) is 18.5 Å². The molecule has 6 nitrogen and oxygen atoms in total. The number of carbonyl (C=O) groups excluding carboxylic acids is 2. The van der Waals surface area contributed by atoms with Crippen molar-refractivity contribution in [1.29, 1.82) is 0 Å². The molecule has 1 aromatic heterocycles. The molecule has 0 amide bonds. The van der Waals surface area contributed by atoms with E-state index in [-0.39, 0.29) is 31.4 Å². The van der Waals surface area contributed by atoms with Crippen LogP contribution in [0, 0.1) is 19.3 Å². The van der Waals surface area contributed by atoms with E-state index in [0.29, 0.717) is 18.3 Å². The standard InChI is InChI=1S/C29H41NO5S/c1-7-25-23-14-29(4,5)11-10-22(23)28(36-25)24(32)9-8-20-12-18(2)27(19(3)13-20)35-17-21(31)15-30-16-26(33)34-6/h12-13,21,30-31H,7-11,14-17H2,1-6H3. The van der Waals surface area contributed by atoms with Crippen LogP contribution in [0.1, 0.15) is 76.0 Å². The van der Waals surface area contributed by atoms with Crippen LogP contribution >= 0.6 is 11.3 Å². The topological polar surface area (TPSA) is 84.9 Å². The number of carbonyl (C=O) groups is 2. The highest BCUT2D eigenvalue weighted by Gasteiger charge is 2.31. The van der Waals surface area contributed by atoms with Gasteiger partial charge in [0.25, 0.3) is 0 Å². The molecule has 1 heterocycles. The number of Topliss-reactive ketones (excluding diaryl/α,β-unsaturated/α-hetero) is 1. The van der Waals surface area contributed by atoms with Gasteiger partial charge < -0.3 is 19.9 Å². The zero-order valence-electron chi connectivity index (χ0n) is 22.6. The Hall–Kier alpha value is -2.22. The molecule has 0 saturated carbocycles. The molecule has 0 saturated heterocycles. The summed E-state index contributed by atoms with van der Waals surface area (Å²) in [6, 6.07) is 4.14. The SMILES string of the molecule is CCc1sc(C(=O)CCc2cc(C)c(OCC(O)CNCC(=O)OC)c(C)c2)c2c1CC(C)(C)CC2. The van der Waals surface area contributed by atoms with E-state index in [1.165, 1.54) is 23.1 Å². The fraction of sp³-hybridized carbons (Fsp3) is 0.586. The highest BCUT2D eigenvalue weighted by Crippen LogP contribution is 2.42. The number of rotatable bonds is 12. The van der Waals surface area contributed by atoms with Crippen molar-refractivity contribution in [2.75, 3.05) is 26.8 Å². The number of aryl methyl sites for hydroxylation is 4. The molecule has 36 heavy (non-hydrogen) atoms. The molecule has 0 aliphatic heterocycles. The van der Waals surface area contributed by atoms with Gasteiger partial charge in [-0.3, -0.25) is 9.59 Å². The van der Waals surface area contributed by atoms with E-state index < -0.39 is 6.10 Å². The molecule has 0 spiro atoms. The number of aliphatic hydroxyl groups excluding tert-OH is 1. The molecule has 1 aliphatic carbocycles. The fourth-order valence-electron chi connectivity index (χ4n) is 5.00. The van der Waals surface area contributed by atoms with Crippen LogP contribution in [0.4, 0.5) is 0 Å². The van der Waals surface area contributed by atoms with E-state index in [1.54, 1.807) is 11.3 Å². The third-order valence-corrected chi connectivity index (χ3v) is 8.40.